The maximum absolute atomic E-state index is 13.3. The predicted molar refractivity (Wildman–Crippen MR) is 99.4 cm³/mol. The molecular formula is C19H19N7O2. The average Bonchev–Trinajstić information content (AvgIpc) is 3.46. The molecule has 0 bridgehead atoms. The summed E-state index contributed by atoms with van der Waals surface area (Å²) in [5.41, 5.74) is 3.68. The van der Waals surface area contributed by atoms with Crippen molar-refractivity contribution in [2.24, 2.45) is 7.05 Å². The van der Waals surface area contributed by atoms with E-state index >= 15 is 0 Å². The molecule has 0 spiro atoms. The number of pyridine rings is 1. The van der Waals surface area contributed by atoms with Crippen molar-refractivity contribution in [2.75, 3.05) is 6.54 Å². The zero-order chi connectivity index (χ0) is 19.3. The van der Waals surface area contributed by atoms with Gasteiger partial charge in [0.15, 0.2) is 11.5 Å². The van der Waals surface area contributed by atoms with Crippen LogP contribution >= 0.6 is 0 Å². The fourth-order valence-corrected chi connectivity index (χ4v) is 3.89. The minimum atomic E-state index is -0.109. The van der Waals surface area contributed by atoms with Gasteiger partial charge in [-0.05, 0) is 44.0 Å². The molecule has 5 heterocycles. The number of amides is 1. The Morgan fingerprint density at radius 2 is 2.11 bits per heavy atom. The zero-order valence-electron chi connectivity index (χ0n) is 15.6. The van der Waals surface area contributed by atoms with E-state index in [9.17, 15) is 4.79 Å². The van der Waals surface area contributed by atoms with Gasteiger partial charge in [-0.1, -0.05) is 10.3 Å². The number of rotatable bonds is 3. The molecule has 0 saturated carbocycles. The van der Waals surface area contributed by atoms with E-state index in [4.69, 9.17) is 4.63 Å². The summed E-state index contributed by atoms with van der Waals surface area (Å²) in [6.45, 7) is 2.53. The molecule has 142 valence electrons. The summed E-state index contributed by atoms with van der Waals surface area (Å²) in [6, 6.07) is 7.43. The highest BCUT2D eigenvalue weighted by Gasteiger charge is 2.34. The van der Waals surface area contributed by atoms with Crippen LogP contribution < -0.4 is 0 Å². The summed E-state index contributed by atoms with van der Waals surface area (Å²) in [4.78, 5) is 15.1. The number of carbonyl (C=O) groups is 1. The van der Waals surface area contributed by atoms with Crippen LogP contribution in [-0.4, -0.2) is 46.8 Å². The zero-order valence-corrected chi connectivity index (χ0v) is 15.6. The first kappa shape index (κ1) is 16.7. The number of hydrogen-bond donors (Lipinski definition) is 0. The third-order valence-corrected chi connectivity index (χ3v) is 5.34. The molecule has 1 amide bonds. The maximum atomic E-state index is 13.3. The predicted octanol–water partition coefficient (Wildman–Crippen LogP) is 2.40. The summed E-state index contributed by atoms with van der Waals surface area (Å²) >= 11 is 0. The van der Waals surface area contributed by atoms with Crippen LogP contribution in [0.3, 0.4) is 0 Å². The van der Waals surface area contributed by atoms with E-state index in [1.807, 2.05) is 58.4 Å². The van der Waals surface area contributed by atoms with Crippen molar-refractivity contribution in [3.8, 4) is 11.5 Å². The first-order valence-corrected chi connectivity index (χ1v) is 9.20. The third kappa shape index (κ3) is 2.50. The van der Waals surface area contributed by atoms with E-state index in [0.717, 1.165) is 29.9 Å². The molecule has 1 unspecified atom stereocenters. The summed E-state index contributed by atoms with van der Waals surface area (Å²) in [5.74, 6) is 0.657. The van der Waals surface area contributed by atoms with Crippen LogP contribution in [-0.2, 0) is 7.05 Å². The Bertz CT molecular complexity index is 1170. The Balaban J connectivity index is 1.53. The average molecular weight is 377 g/mol. The monoisotopic (exact) mass is 377 g/mol. The molecule has 4 aromatic rings. The minimum absolute atomic E-state index is 0.0432. The highest BCUT2D eigenvalue weighted by atomic mass is 16.6. The first-order valence-electron chi connectivity index (χ1n) is 9.20. The Morgan fingerprint density at radius 1 is 1.21 bits per heavy atom. The summed E-state index contributed by atoms with van der Waals surface area (Å²) in [6.07, 6.45) is 5.54. The van der Waals surface area contributed by atoms with Crippen molar-refractivity contribution >= 4 is 11.6 Å². The Kier molecular flexibility index (Phi) is 3.75. The smallest absolute Gasteiger partial charge is 0.255 e. The van der Waals surface area contributed by atoms with E-state index in [1.165, 1.54) is 0 Å². The van der Waals surface area contributed by atoms with Crippen LogP contribution in [0.15, 0.2) is 41.3 Å². The second kappa shape index (κ2) is 6.29. The fourth-order valence-electron chi connectivity index (χ4n) is 3.89. The van der Waals surface area contributed by atoms with Crippen LogP contribution in [0.5, 0.6) is 0 Å². The quantitative estimate of drug-likeness (QED) is 0.544. The van der Waals surface area contributed by atoms with E-state index < -0.39 is 0 Å². The van der Waals surface area contributed by atoms with Crippen molar-refractivity contribution < 1.29 is 9.42 Å². The lowest BCUT2D eigenvalue weighted by Crippen LogP contribution is -2.31. The van der Waals surface area contributed by atoms with Crippen LogP contribution in [0, 0.1) is 6.92 Å². The van der Waals surface area contributed by atoms with Crippen LogP contribution in [0.1, 0.15) is 40.6 Å². The van der Waals surface area contributed by atoms with Crippen LogP contribution in [0.25, 0.3) is 17.2 Å². The van der Waals surface area contributed by atoms with Crippen molar-refractivity contribution in [1.29, 1.82) is 0 Å². The van der Waals surface area contributed by atoms with E-state index in [0.29, 0.717) is 23.6 Å². The molecule has 9 heteroatoms. The van der Waals surface area contributed by atoms with Gasteiger partial charge in [-0.15, -0.1) is 10.2 Å². The number of hydrogen-bond acceptors (Lipinski definition) is 6. The van der Waals surface area contributed by atoms with Gasteiger partial charge in [-0.25, -0.2) is 4.63 Å². The lowest BCUT2D eigenvalue weighted by molar-refractivity contribution is 0.0729. The largest absolute Gasteiger partial charge is 0.348 e. The number of nitrogens with zero attached hydrogens (tertiary/aromatic N) is 7. The van der Waals surface area contributed by atoms with E-state index in [2.05, 4.69) is 20.5 Å². The SMILES string of the molecule is Cc1nonc1C1CCCN1C(=O)c1ccc2nnc(-c3cccn3C)n2c1. The summed E-state index contributed by atoms with van der Waals surface area (Å²) < 4.78 is 8.68. The fraction of sp³-hybridized carbons (Fsp3) is 0.316. The van der Waals surface area contributed by atoms with Gasteiger partial charge < -0.3 is 9.47 Å². The van der Waals surface area contributed by atoms with Crippen molar-refractivity contribution in [2.45, 2.75) is 25.8 Å². The van der Waals surface area contributed by atoms with Gasteiger partial charge >= 0.3 is 0 Å². The van der Waals surface area contributed by atoms with Crippen LogP contribution in [0.4, 0.5) is 0 Å². The number of fused-ring (bicyclic) bond motifs is 1. The van der Waals surface area contributed by atoms with Gasteiger partial charge in [0, 0.05) is 26.0 Å². The molecule has 5 rings (SSSR count). The number of carbonyl (C=O) groups excluding carboxylic acids is 1. The third-order valence-electron chi connectivity index (χ3n) is 5.34. The normalized spacial score (nSPS) is 16.9. The molecule has 0 aliphatic carbocycles. The Morgan fingerprint density at radius 3 is 2.86 bits per heavy atom. The molecule has 1 aliphatic rings. The molecule has 28 heavy (non-hydrogen) atoms. The first-order chi connectivity index (χ1) is 13.6. The Hall–Kier alpha value is -3.49. The number of aryl methyl sites for hydroxylation is 2. The molecule has 9 nitrogen and oxygen atoms in total. The molecule has 1 atom stereocenters. The highest BCUT2D eigenvalue weighted by molar-refractivity contribution is 5.94. The van der Waals surface area contributed by atoms with Gasteiger partial charge in [0.25, 0.3) is 5.91 Å². The van der Waals surface area contributed by atoms with Gasteiger partial charge in [0.05, 0.1) is 17.3 Å². The van der Waals surface area contributed by atoms with E-state index in [-0.39, 0.29) is 11.9 Å². The molecule has 0 aromatic carbocycles. The molecule has 4 aromatic heterocycles. The van der Waals surface area contributed by atoms with Crippen LogP contribution in [0.2, 0.25) is 0 Å². The summed E-state index contributed by atoms with van der Waals surface area (Å²) in [5, 5.41) is 16.4. The Labute approximate surface area is 160 Å². The molecule has 1 saturated heterocycles. The second-order valence-corrected chi connectivity index (χ2v) is 7.07. The van der Waals surface area contributed by atoms with Crippen molar-refractivity contribution in [3.63, 3.8) is 0 Å². The van der Waals surface area contributed by atoms with E-state index in [1.54, 1.807) is 6.07 Å². The molecule has 1 aliphatic heterocycles. The second-order valence-electron chi connectivity index (χ2n) is 7.07. The maximum Gasteiger partial charge on any atom is 0.255 e. The summed E-state index contributed by atoms with van der Waals surface area (Å²) in [7, 11) is 1.95. The number of likely N-dealkylation sites (tertiary alicyclic amines) is 1. The number of aromatic nitrogens is 6. The van der Waals surface area contributed by atoms with Gasteiger partial charge in [-0.2, -0.15) is 0 Å². The topological polar surface area (TPSA) is 94.3 Å². The van der Waals surface area contributed by atoms with Crippen molar-refractivity contribution in [1.82, 2.24) is 34.4 Å². The van der Waals surface area contributed by atoms with Gasteiger partial charge in [0.2, 0.25) is 0 Å². The lowest BCUT2D eigenvalue weighted by atomic mass is 10.1. The van der Waals surface area contributed by atoms with Crippen molar-refractivity contribution in [3.05, 3.63) is 53.6 Å². The standard InChI is InChI=1S/C19H19N7O2/c1-12-17(23-28-22-12)14-5-4-10-25(14)19(27)13-7-8-16-20-21-18(26(16)11-13)15-6-3-9-24(15)2/h3,6-9,11,14H,4-5,10H2,1-2H3. The van der Waals surface area contributed by atoms with Gasteiger partial charge in [0.1, 0.15) is 11.4 Å². The lowest BCUT2D eigenvalue weighted by Gasteiger charge is -2.23. The van der Waals surface area contributed by atoms with Gasteiger partial charge in [-0.3, -0.25) is 9.20 Å². The molecule has 0 N–H and O–H groups in total. The molecular weight excluding hydrogens is 358 g/mol. The minimum Gasteiger partial charge on any atom is -0.348 e. The molecule has 0 radical (unpaired) electrons. The highest BCUT2D eigenvalue weighted by Crippen LogP contribution is 2.33. The molecule has 1 fully saturated rings.